The Balaban J connectivity index is 1.55. The number of nitrogens with one attached hydrogen (secondary N) is 1. The Morgan fingerprint density at radius 2 is 1.73 bits per heavy atom. The van der Waals surface area contributed by atoms with Gasteiger partial charge in [0.15, 0.2) is 17.4 Å². The van der Waals surface area contributed by atoms with Crippen LogP contribution >= 0.6 is 0 Å². The number of amides is 2. The van der Waals surface area contributed by atoms with Crippen molar-refractivity contribution in [3.05, 3.63) is 93.3 Å². The molecular formula is C25H20F5N3O4. The molecule has 2 aromatic rings. The molecule has 1 saturated heterocycles. The van der Waals surface area contributed by atoms with Crippen LogP contribution in [0.1, 0.15) is 23.6 Å². The van der Waals surface area contributed by atoms with Crippen molar-refractivity contribution in [1.29, 1.82) is 0 Å². The second kappa shape index (κ2) is 8.58. The van der Waals surface area contributed by atoms with Gasteiger partial charge in [0.05, 0.1) is 11.1 Å². The zero-order valence-electron chi connectivity index (χ0n) is 19.3. The average molecular weight is 521 g/mol. The Bertz CT molecular complexity index is 1400. The van der Waals surface area contributed by atoms with Gasteiger partial charge >= 0.3 is 0 Å². The van der Waals surface area contributed by atoms with Crippen LogP contribution in [0.5, 0.6) is 0 Å². The molecule has 5 rings (SSSR count). The van der Waals surface area contributed by atoms with Gasteiger partial charge in [0.25, 0.3) is 11.8 Å². The van der Waals surface area contributed by atoms with Crippen molar-refractivity contribution in [3.63, 3.8) is 0 Å². The number of hydrogen-bond donors (Lipinski definition) is 3. The highest BCUT2D eigenvalue weighted by molar-refractivity contribution is 5.99. The van der Waals surface area contributed by atoms with E-state index in [1.54, 1.807) is 6.92 Å². The molecule has 0 radical (unpaired) electrons. The largest absolute Gasteiger partial charge is 0.507 e. The van der Waals surface area contributed by atoms with E-state index in [0.29, 0.717) is 23.3 Å². The van der Waals surface area contributed by atoms with Crippen LogP contribution in [-0.2, 0) is 28.1 Å². The second-order valence-corrected chi connectivity index (χ2v) is 9.30. The first kappa shape index (κ1) is 24.8. The van der Waals surface area contributed by atoms with Gasteiger partial charge in [-0.15, -0.1) is 0 Å². The van der Waals surface area contributed by atoms with Gasteiger partial charge in [0.2, 0.25) is 0 Å². The molecule has 3 heterocycles. The highest BCUT2D eigenvalue weighted by Gasteiger charge is 2.51. The van der Waals surface area contributed by atoms with Crippen LogP contribution in [0.3, 0.4) is 0 Å². The van der Waals surface area contributed by atoms with Crippen molar-refractivity contribution in [1.82, 2.24) is 15.1 Å². The smallest absolute Gasteiger partial charge is 0.274 e. The molecule has 2 amide bonds. The standard InChI is InChI=1S/C25H20F5N3O4/c1-25-10-32(3-2-11-4-18(29)19(30)7-15(11)25)24(37)20-22(35)21(34)14(9-33(20)25)23(36)31-8-13-16(27)5-12(26)6-17(13)28/h4-7,9,21,34-35H,2-3,8,10H2,1H3,(H,31,36)/t21?,25-/m0/s1. The number of benzene rings is 2. The summed E-state index contributed by atoms with van der Waals surface area (Å²) in [5.74, 6) is -8.35. The summed E-state index contributed by atoms with van der Waals surface area (Å²) in [7, 11) is 0. The molecule has 37 heavy (non-hydrogen) atoms. The van der Waals surface area contributed by atoms with Crippen LogP contribution in [0.25, 0.3) is 0 Å². The van der Waals surface area contributed by atoms with Crippen LogP contribution in [0, 0.1) is 29.1 Å². The Kier molecular flexibility index (Phi) is 5.74. The van der Waals surface area contributed by atoms with E-state index in [1.807, 2.05) is 0 Å². The Labute approximate surface area is 207 Å². The quantitative estimate of drug-likeness (QED) is 0.541. The fraction of sp³-hybridized carbons (Fsp3) is 0.280. The van der Waals surface area contributed by atoms with Gasteiger partial charge in [-0.2, -0.15) is 0 Å². The van der Waals surface area contributed by atoms with Gasteiger partial charge in [-0.25, -0.2) is 22.0 Å². The van der Waals surface area contributed by atoms with Crippen LogP contribution < -0.4 is 5.32 Å². The average Bonchev–Trinajstić information content (AvgIpc) is 2.95. The number of aliphatic hydroxyl groups excluding tert-OH is 2. The number of halogens is 5. The number of hydrogen-bond acceptors (Lipinski definition) is 5. The fourth-order valence-corrected chi connectivity index (χ4v) is 5.09. The van der Waals surface area contributed by atoms with E-state index in [1.165, 1.54) is 9.80 Å². The number of nitrogens with zero attached hydrogens (tertiary/aromatic N) is 2. The summed E-state index contributed by atoms with van der Waals surface area (Å²) in [6.45, 7) is 1.02. The maximum Gasteiger partial charge on any atom is 0.274 e. The fourth-order valence-electron chi connectivity index (χ4n) is 5.09. The highest BCUT2D eigenvalue weighted by Crippen LogP contribution is 2.45. The van der Waals surface area contributed by atoms with Gasteiger partial charge in [-0.05, 0) is 36.6 Å². The molecule has 0 saturated carbocycles. The van der Waals surface area contributed by atoms with E-state index in [4.69, 9.17) is 0 Å². The molecule has 0 aliphatic carbocycles. The summed E-state index contributed by atoms with van der Waals surface area (Å²) in [4.78, 5) is 28.7. The molecule has 3 N–H and O–H groups in total. The monoisotopic (exact) mass is 521 g/mol. The number of aliphatic hydroxyl groups is 2. The number of fused-ring (bicyclic) bond motifs is 6. The molecule has 0 aromatic heterocycles. The molecule has 1 unspecified atom stereocenters. The molecule has 7 nitrogen and oxygen atoms in total. The molecule has 2 atom stereocenters. The summed E-state index contributed by atoms with van der Waals surface area (Å²) in [5.41, 5.74) is -1.99. The van der Waals surface area contributed by atoms with Gasteiger partial charge in [-0.1, -0.05) is 0 Å². The molecule has 3 aliphatic rings. The topological polar surface area (TPSA) is 93.1 Å². The lowest BCUT2D eigenvalue weighted by Gasteiger charge is -2.50. The number of carbonyl (C=O) groups is 2. The van der Waals surface area contributed by atoms with Crippen LogP contribution in [0.15, 0.2) is 47.5 Å². The van der Waals surface area contributed by atoms with Gasteiger partial charge < -0.3 is 25.3 Å². The normalized spacial score (nSPS) is 22.8. The second-order valence-electron chi connectivity index (χ2n) is 9.30. The molecule has 2 aromatic carbocycles. The molecule has 3 aliphatic heterocycles. The van der Waals surface area contributed by atoms with Crippen molar-refractivity contribution in [2.24, 2.45) is 0 Å². The first-order valence-electron chi connectivity index (χ1n) is 11.2. The summed E-state index contributed by atoms with van der Waals surface area (Å²) < 4.78 is 69.5. The molecule has 194 valence electrons. The predicted molar refractivity (Wildman–Crippen MR) is 118 cm³/mol. The third-order valence-corrected chi connectivity index (χ3v) is 7.00. The zero-order chi connectivity index (χ0) is 26.8. The Hall–Kier alpha value is -3.93. The molecule has 2 bridgehead atoms. The third-order valence-electron chi connectivity index (χ3n) is 7.00. The SMILES string of the molecule is C[C@]12CN(CCc3cc(F)c(F)cc31)C(=O)C1=C(O)C(O)C(C(=O)NCc3c(F)cc(F)cc3F)=CN12. The maximum absolute atomic E-state index is 14.3. The van der Waals surface area contributed by atoms with E-state index >= 15 is 0 Å². The zero-order valence-corrected chi connectivity index (χ0v) is 19.3. The summed E-state index contributed by atoms with van der Waals surface area (Å²) in [6, 6.07) is 2.92. The van der Waals surface area contributed by atoms with Crippen LogP contribution in [-0.4, -0.2) is 51.0 Å². The number of piperazine rings is 1. The number of rotatable bonds is 3. The van der Waals surface area contributed by atoms with Crippen molar-refractivity contribution in [2.45, 2.75) is 31.5 Å². The van der Waals surface area contributed by atoms with Gasteiger partial charge in [0, 0.05) is 43.5 Å². The lowest BCUT2D eigenvalue weighted by Crippen LogP contribution is -2.59. The minimum Gasteiger partial charge on any atom is -0.507 e. The molecule has 0 spiro atoms. The summed E-state index contributed by atoms with van der Waals surface area (Å²) in [6.07, 6.45) is -0.671. The molecule has 1 fully saturated rings. The first-order valence-corrected chi connectivity index (χ1v) is 11.2. The third kappa shape index (κ3) is 3.82. The van der Waals surface area contributed by atoms with E-state index in [9.17, 15) is 41.8 Å². The Morgan fingerprint density at radius 1 is 1.08 bits per heavy atom. The first-order chi connectivity index (χ1) is 17.4. The number of carbonyl (C=O) groups excluding carboxylic acids is 2. The van der Waals surface area contributed by atoms with Gasteiger partial charge in [0.1, 0.15) is 29.3 Å². The van der Waals surface area contributed by atoms with Crippen LogP contribution in [0.4, 0.5) is 22.0 Å². The van der Waals surface area contributed by atoms with Crippen molar-refractivity contribution < 1.29 is 41.8 Å². The van der Waals surface area contributed by atoms with E-state index in [2.05, 4.69) is 5.32 Å². The summed E-state index contributed by atoms with van der Waals surface area (Å²) in [5, 5.41) is 23.7. The van der Waals surface area contributed by atoms with Crippen molar-refractivity contribution >= 4 is 11.8 Å². The Morgan fingerprint density at radius 3 is 2.41 bits per heavy atom. The molecular weight excluding hydrogens is 501 g/mol. The summed E-state index contributed by atoms with van der Waals surface area (Å²) >= 11 is 0. The van der Waals surface area contributed by atoms with E-state index < -0.39 is 76.0 Å². The minimum atomic E-state index is -1.97. The van der Waals surface area contributed by atoms with Crippen LogP contribution in [0.2, 0.25) is 0 Å². The van der Waals surface area contributed by atoms with Crippen molar-refractivity contribution in [2.75, 3.05) is 13.1 Å². The lowest BCUT2D eigenvalue weighted by molar-refractivity contribution is -0.136. The van der Waals surface area contributed by atoms with E-state index in [0.717, 1.165) is 18.3 Å². The van der Waals surface area contributed by atoms with Crippen molar-refractivity contribution in [3.8, 4) is 0 Å². The highest BCUT2D eigenvalue weighted by atomic mass is 19.2. The maximum atomic E-state index is 14.3. The lowest BCUT2D eigenvalue weighted by atomic mass is 9.83. The predicted octanol–water partition coefficient (Wildman–Crippen LogP) is 2.64. The minimum absolute atomic E-state index is 0.00577. The van der Waals surface area contributed by atoms with Gasteiger partial charge in [-0.3, -0.25) is 9.59 Å². The van der Waals surface area contributed by atoms with E-state index in [-0.39, 0.29) is 25.2 Å². The molecule has 12 heteroatoms.